The predicted octanol–water partition coefficient (Wildman–Crippen LogP) is 1.33. The van der Waals surface area contributed by atoms with Crippen LogP contribution < -0.4 is 11.3 Å². The molecule has 4 nitrogen and oxygen atoms in total. The number of carbonyl (C=O) groups is 1. The Kier molecular flexibility index (Phi) is 2.62. The number of aromatic nitrogens is 1. The summed E-state index contributed by atoms with van der Waals surface area (Å²) >= 11 is 0. The molecule has 0 saturated carbocycles. The summed E-state index contributed by atoms with van der Waals surface area (Å²) in [5.41, 5.74) is 2.76. The van der Waals surface area contributed by atoms with E-state index in [9.17, 15) is 9.18 Å². The second-order valence-electron chi connectivity index (χ2n) is 3.61. The molecule has 3 N–H and O–H groups in total. The Morgan fingerprint density at radius 2 is 2.25 bits per heavy atom. The van der Waals surface area contributed by atoms with Crippen molar-refractivity contribution in [1.29, 1.82) is 0 Å². The lowest BCUT2D eigenvalue weighted by molar-refractivity contribution is -0.123. The fourth-order valence-electron chi connectivity index (χ4n) is 1.71. The number of amides is 1. The van der Waals surface area contributed by atoms with Gasteiger partial charge in [-0.15, -0.1) is 0 Å². The Morgan fingerprint density at radius 3 is 2.94 bits per heavy atom. The summed E-state index contributed by atoms with van der Waals surface area (Å²) in [5, 5.41) is 0.887. The molecule has 0 aliphatic rings. The standard InChI is InChI=1S/C11H12FN3O/c1-7(11(16)14-13)15-5-4-8-2-3-9(12)6-10(8)15/h2-7H,13H2,1H3,(H,14,16). The van der Waals surface area contributed by atoms with Crippen molar-refractivity contribution in [2.45, 2.75) is 13.0 Å². The van der Waals surface area contributed by atoms with Crippen LogP contribution in [-0.4, -0.2) is 10.5 Å². The van der Waals surface area contributed by atoms with Gasteiger partial charge in [0.2, 0.25) is 0 Å². The van der Waals surface area contributed by atoms with Crippen LogP contribution in [0.25, 0.3) is 10.9 Å². The van der Waals surface area contributed by atoms with Crippen molar-refractivity contribution in [3.8, 4) is 0 Å². The molecule has 1 amide bonds. The lowest BCUT2D eigenvalue weighted by Crippen LogP contribution is -2.35. The van der Waals surface area contributed by atoms with Crippen LogP contribution in [0.2, 0.25) is 0 Å². The molecule has 0 aliphatic heterocycles. The topological polar surface area (TPSA) is 60.1 Å². The zero-order valence-electron chi connectivity index (χ0n) is 8.77. The zero-order valence-corrected chi connectivity index (χ0v) is 8.77. The lowest BCUT2D eigenvalue weighted by atomic mass is 10.2. The Hall–Kier alpha value is -1.88. The molecule has 16 heavy (non-hydrogen) atoms. The van der Waals surface area contributed by atoms with E-state index < -0.39 is 6.04 Å². The fraction of sp³-hybridized carbons (Fsp3) is 0.182. The van der Waals surface area contributed by atoms with Gasteiger partial charge in [0.1, 0.15) is 11.9 Å². The lowest BCUT2D eigenvalue weighted by Gasteiger charge is -2.13. The Morgan fingerprint density at radius 1 is 1.50 bits per heavy atom. The number of benzene rings is 1. The van der Waals surface area contributed by atoms with Crippen molar-refractivity contribution < 1.29 is 9.18 Å². The highest BCUT2D eigenvalue weighted by atomic mass is 19.1. The number of hydrogen-bond donors (Lipinski definition) is 2. The maximum atomic E-state index is 13.1. The van der Waals surface area contributed by atoms with E-state index in [0.29, 0.717) is 5.52 Å². The second kappa shape index (κ2) is 3.94. The number of halogens is 1. The van der Waals surface area contributed by atoms with Gasteiger partial charge in [0.25, 0.3) is 5.91 Å². The number of carbonyl (C=O) groups excluding carboxylic acids is 1. The van der Waals surface area contributed by atoms with E-state index in [4.69, 9.17) is 5.84 Å². The first-order valence-corrected chi connectivity index (χ1v) is 4.90. The molecule has 2 rings (SSSR count). The van der Waals surface area contributed by atoms with Crippen LogP contribution in [0.5, 0.6) is 0 Å². The molecule has 0 aliphatic carbocycles. The molecule has 1 unspecified atom stereocenters. The van der Waals surface area contributed by atoms with Crippen LogP contribution >= 0.6 is 0 Å². The highest BCUT2D eigenvalue weighted by Crippen LogP contribution is 2.21. The number of nitrogens with zero attached hydrogens (tertiary/aromatic N) is 1. The quantitative estimate of drug-likeness (QED) is 0.456. The molecule has 0 radical (unpaired) electrons. The molecular formula is C11H12FN3O. The molecule has 1 aromatic heterocycles. The number of hydrogen-bond acceptors (Lipinski definition) is 2. The molecule has 0 spiro atoms. The minimum atomic E-state index is -0.468. The van der Waals surface area contributed by atoms with Crippen molar-refractivity contribution in [2.75, 3.05) is 0 Å². The van der Waals surface area contributed by atoms with E-state index in [1.807, 2.05) is 6.07 Å². The third-order valence-electron chi connectivity index (χ3n) is 2.62. The highest BCUT2D eigenvalue weighted by molar-refractivity contribution is 5.85. The monoisotopic (exact) mass is 221 g/mol. The Labute approximate surface area is 91.8 Å². The van der Waals surface area contributed by atoms with E-state index in [0.717, 1.165) is 5.39 Å². The van der Waals surface area contributed by atoms with Gasteiger partial charge in [0.05, 0.1) is 5.52 Å². The van der Waals surface area contributed by atoms with E-state index in [2.05, 4.69) is 5.43 Å². The number of nitrogens with one attached hydrogen (secondary N) is 1. The minimum Gasteiger partial charge on any atom is -0.335 e. The number of rotatable bonds is 2. The van der Waals surface area contributed by atoms with Crippen molar-refractivity contribution in [2.24, 2.45) is 5.84 Å². The van der Waals surface area contributed by atoms with Gasteiger partial charge in [-0.25, -0.2) is 10.2 Å². The highest BCUT2D eigenvalue weighted by Gasteiger charge is 2.15. The molecule has 84 valence electrons. The first-order valence-electron chi connectivity index (χ1n) is 4.90. The average Bonchev–Trinajstić information content (AvgIpc) is 2.69. The maximum absolute atomic E-state index is 13.1. The molecule has 2 aromatic rings. The average molecular weight is 221 g/mol. The minimum absolute atomic E-state index is 0.318. The predicted molar refractivity (Wildman–Crippen MR) is 58.9 cm³/mol. The SMILES string of the molecule is CC(C(=O)NN)n1ccc2ccc(F)cc21. The van der Waals surface area contributed by atoms with Crippen molar-refractivity contribution in [3.05, 3.63) is 36.3 Å². The number of fused-ring (bicyclic) bond motifs is 1. The zero-order chi connectivity index (χ0) is 11.7. The van der Waals surface area contributed by atoms with Crippen LogP contribution in [0.4, 0.5) is 4.39 Å². The van der Waals surface area contributed by atoms with Gasteiger partial charge >= 0.3 is 0 Å². The first-order chi connectivity index (χ1) is 7.63. The summed E-state index contributed by atoms with van der Waals surface area (Å²) in [5.74, 6) is 4.42. The molecule has 0 saturated heterocycles. The van der Waals surface area contributed by atoms with Crippen LogP contribution in [0, 0.1) is 5.82 Å². The van der Waals surface area contributed by atoms with Gasteiger partial charge in [-0.2, -0.15) is 0 Å². The fourth-order valence-corrected chi connectivity index (χ4v) is 1.71. The van der Waals surface area contributed by atoms with Crippen LogP contribution in [0.3, 0.4) is 0 Å². The van der Waals surface area contributed by atoms with E-state index in [-0.39, 0.29) is 11.7 Å². The van der Waals surface area contributed by atoms with E-state index in [1.165, 1.54) is 12.1 Å². The molecular weight excluding hydrogens is 209 g/mol. The van der Waals surface area contributed by atoms with Gasteiger partial charge in [0, 0.05) is 6.20 Å². The number of nitrogens with two attached hydrogens (primary N) is 1. The van der Waals surface area contributed by atoms with Crippen LogP contribution in [-0.2, 0) is 4.79 Å². The van der Waals surface area contributed by atoms with E-state index >= 15 is 0 Å². The van der Waals surface area contributed by atoms with Gasteiger partial charge in [0.15, 0.2) is 0 Å². The largest absolute Gasteiger partial charge is 0.335 e. The normalized spacial score (nSPS) is 12.7. The van der Waals surface area contributed by atoms with Gasteiger partial charge in [-0.05, 0) is 36.6 Å². The van der Waals surface area contributed by atoms with Gasteiger partial charge in [-0.3, -0.25) is 10.2 Å². The Bertz CT molecular complexity index is 535. The third-order valence-corrected chi connectivity index (χ3v) is 2.62. The Balaban J connectivity index is 2.52. The van der Waals surface area contributed by atoms with Gasteiger partial charge in [-0.1, -0.05) is 0 Å². The second-order valence-corrected chi connectivity index (χ2v) is 3.61. The summed E-state index contributed by atoms with van der Waals surface area (Å²) in [6.07, 6.45) is 1.74. The van der Waals surface area contributed by atoms with Crippen molar-refractivity contribution >= 4 is 16.8 Å². The summed E-state index contributed by atoms with van der Waals surface area (Å²) in [7, 11) is 0. The summed E-state index contributed by atoms with van der Waals surface area (Å²) in [4.78, 5) is 11.4. The van der Waals surface area contributed by atoms with Gasteiger partial charge < -0.3 is 4.57 Å². The van der Waals surface area contributed by atoms with Crippen molar-refractivity contribution in [3.63, 3.8) is 0 Å². The molecule has 1 atom stereocenters. The first kappa shape index (κ1) is 10.6. The summed E-state index contributed by atoms with van der Waals surface area (Å²) < 4.78 is 14.8. The van der Waals surface area contributed by atoms with Crippen LogP contribution in [0.15, 0.2) is 30.5 Å². The van der Waals surface area contributed by atoms with E-state index in [1.54, 1.807) is 23.8 Å². The molecule has 1 heterocycles. The summed E-state index contributed by atoms with van der Waals surface area (Å²) in [6.45, 7) is 1.70. The van der Waals surface area contributed by atoms with Crippen molar-refractivity contribution in [1.82, 2.24) is 9.99 Å². The molecule has 1 aromatic carbocycles. The van der Waals surface area contributed by atoms with Crippen LogP contribution in [0.1, 0.15) is 13.0 Å². The third kappa shape index (κ3) is 1.65. The molecule has 5 heteroatoms. The maximum Gasteiger partial charge on any atom is 0.256 e. The summed E-state index contributed by atoms with van der Waals surface area (Å²) in [6, 6.07) is 5.82. The number of hydrazine groups is 1. The molecule has 0 bridgehead atoms. The smallest absolute Gasteiger partial charge is 0.256 e. The molecule has 0 fully saturated rings.